The molecule has 0 atom stereocenters. The highest BCUT2D eigenvalue weighted by Crippen LogP contribution is 2.61. The average Bonchev–Trinajstić information content (AvgIpc) is 2.53. The Kier molecular flexibility index (Phi) is 4.14. The van der Waals surface area contributed by atoms with Crippen molar-refractivity contribution in [3.05, 3.63) is 35.1 Å². The summed E-state index contributed by atoms with van der Waals surface area (Å²) >= 11 is 0. The zero-order chi connectivity index (χ0) is 16.7. The molecule has 0 radical (unpaired) electrons. The summed E-state index contributed by atoms with van der Waals surface area (Å²) in [4.78, 5) is 11.5. The van der Waals surface area contributed by atoms with Gasteiger partial charge in [-0.25, -0.2) is 9.18 Å². The van der Waals surface area contributed by atoms with Crippen LogP contribution in [0, 0.1) is 29.0 Å². The quantitative estimate of drug-likeness (QED) is 0.698. The first-order valence-electron chi connectivity index (χ1n) is 9.44. The molecule has 4 aliphatic rings. The zero-order valence-electron chi connectivity index (χ0n) is 14.5. The van der Waals surface area contributed by atoms with Crippen LogP contribution in [0.2, 0.25) is 0 Å². The van der Waals surface area contributed by atoms with Crippen molar-refractivity contribution in [2.24, 2.45) is 23.2 Å². The molecular formula is C21H27FO2. The Morgan fingerprint density at radius 2 is 1.79 bits per heavy atom. The summed E-state index contributed by atoms with van der Waals surface area (Å²) in [7, 11) is 1.28. The van der Waals surface area contributed by atoms with Crippen LogP contribution in [0.1, 0.15) is 67.3 Å². The first kappa shape index (κ1) is 16.1. The standard InChI is InChI=1S/C21H27FO2/c1-24-20(23)18-5-4-14(10-19(18)22)3-2-6-21-11-15-7-16(12-21)9-17(8-15)13-21/h4-5,10,15-17H,2-3,6-9,11-13H2,1H3. The number of esters is 1. The molecule has 4 saturated carbocycles. The Labute approximate surface area is 143 Å². The smallest absolute Gasteiger partial charge is 0.340 e. The van der Waals surface area contributed by atoms with Crippen LogP contribution in [0.3, 0.4) is 0 Å². The van der Waals surface area contributed by atoms with Crippen LogP contribution >= 0.6 is 0 Å². The number of rotatable bonds is 5. The summed E-state index contributed by atoms with van der Waals surface area (Å²) in [6.07, 6.45) is 12.1. The topological polar surface area (TPSA) is 26.3 Å². The molecule has 0 spiro atoms. The SMILES string of the molecule is COC(=O)c1ccc(CCCC23CC4CC(CC(C4)C2)C3)cc1F. The van der Waals surface area contributed by atoms with Crippen molar-refractivity contribution in [2.75, 3.05) is 7.11 Å². The number of benzene rings is 1. The van der Waals surface area contributed by atoms with E-state index >= 15 is 0 Å². The number of methoxy groups -OCH3 is 1. The van der Waals surface area contributed by atoms with Gasteiger partial charge in [-0.1, -0.05) is 6.07 Å². The third-order valence-electron chi connectivity index (χ3n) is 6.78. The summed E-state index contributed by atoms with van der Waals surface area (Å²) in [5, 5.41) is 0. The van der Waals surface area contributed by atoms with Crippen molar-refractivity contribution in [1.29, 1.82) is 0 Å². The van der Waals surface area contributed by atoms with Gasteiger partial charge in [-0.05, 0) is 98.7 Å². The molecule has 0 amide bonds. The number of hydrogen-bond donors (Lipinski definition) is 0. The maximum atomic E-state index is 14.0. The molecule has 3 heteroatoms. The monoisotopic (exact) mass is 330 g/mol. The summed E-state index contributed by atoms with van der Waals surface area (Å²) in [6.45, 7) is 0. The van der Waals surface area contributed by atoms with Crippen LogP contribution in [-0.2, 0) is 11.2 Å². The number of carbonyl (C=O) groups is 1. The second kappa shape index (κ2) is 6.16. The Morgan fingerprint density at radius 1 is 1.17 bits per heavy atom. The minimum absolute atomic E-state index is 0.0299. The maximum Gasteiger partial charge on any atom is 0.340 e. The average molecular weight is 330 g/mol. The molecule has 0 aromatic heterocycles. The molecule has 4 aliphatic carbocycles. The molecule has 1 aromatic carbocycles. The van der Waals surface area contributed by atoms with Crippen molar-refractivity contribution in [3.8, 4) is 0 Å². The first-order valence-corrected chi connectivity index (χ1v) is 9.44. The number of hydrogen-bond acceptors (Lipinski definition) is 2. The third-order valence-corrected chi connectivity index (χ3v) is 6.78. The lowest BCUT2D eigenvalue weighted by Gasteiger charge is -2.57. The van der Waals surface area contributed by atoms with Crippen LogP contribution in [0.15, 0.2) is 18.2 Å². The van der Waals surface area contributed by atoms with Crippen molar-refractivity contribution < 1.29 is 13.9 Å². The fourth-order valence-corrected chi connectivity index (χ4v) is 6.25. The zero-order valence-corrected chi connectivity index (χ0v) is 14.5. The van der Waals surface area contributed by atoms with E-state index in [1.54, 1.807) is 6.07 Å². The van der Waals surface area contributed by atoms with Crippen LogP contribution in [-0.4, -0.2) is 13.1 Å². The lowest BCUT2D eigenvalue weighted by atomic mass is 9.48. The van der Waals surface area contributed by atoms with E-state index in [0.717, 1.165) is 36.2 Å². The predicted octanol–water partition coefficient (Wildman–Crippen LogP) is 5.15. The molecular weight excluding hydrogens is 303 g/mol. The van der Waals surface area contributed by atoms with Gasteiger partial charge in [0.1, 0.15) is 5.82 Å². The van der Waals surface area contributed by atoms with E-state index in [4.69, 9.17) is 0 Å². The lowest BCUT2D eigenvalue weighted by Crippen LogP contribution is -2.45. The maximum absolute atomic E-state index is 14.0. The highest BCUT2D eigenvalue weighted by atomic mass is 19.1. The highest BCUT2D eigenvalue weighted by molar-refractivity contribution is 5.89. The van der Waals surface area contributed by atoms with Gasteiger partial charge in [0.25, 0.3) is 0 Å². The van der Waals surface area contributed by atoms with E-state index in [9.17, 15) is 9.18 Å². The van der Waals surface area contributed by atoms with Crippen LogP contribution in [0.5, 0.6) is 0 Å². The lowest BCUT2D eigenvalue weighted by molar-refractivity contribution is -0.0580. The van der Waals surface area contributed by atoms with Gasteiger partial charge >= 0.3 is 5.97 Å². The molecule has 5 rings (SSSR count). The Morgan fingerprint density at radius 3 is 2.33 bits per heavy atom. The van der Waals surface area contributed by atoms with Gasteiger partial charge in [0.05, 0.1) is 12.7 Å². The fourth-order valence-electron chi connectivity index (χ4n) is 6.25. The Balaban J connectivity index is 1.36. The second-order valence-corrected chi connectivity index (χ2v) is 8.58. The summed E-state index contributed by atoms with van der Waals surface area (Å²) in [6, 6.07) is 4.93. The summed E-state index contributed by atoms with van der Waals surface area (Å²) in [5.74, 6) is 1.91. The van der Waals surface area contributed by atoms with E-state index in [2.05, 4.69) is 4.74 Å². The summed E-state index contributed by atoms with van der Waals surface area (Å²) < 4.78 is 18.6. The predicted molar refractivity (Wildman–Crippen MR) is 91.3 cm³/mol. The van der Waals surface area contributed by atoms with E-state index in [1.807, 2.05) is 6.07 Å². The minimum atomic E-state index is -0.604. The Hall–Kier alpha value is -1.38. The van der Waals surface area contributed by atoms with Crippen molar-refractivity contribution in [2.45, 2.75) is 57.8 Å². The van der Waals surface area contributed by atoms with Crippen LogP contribution in [0.25, 0.3) is 0 Å². The molecule has 4 bridgehead atoms. The second-order valence-electron chi connectivity index (χ2n) is 8.58. The van der Waals surface area contributed by atoms with Gasteiger partial charge < -0.3 is 4.74 Å². The van der Waals surface area contributed by atoms with Gasteiger partial charge in [0, 0.05) is 0 Å². The molecule has 130 valence electrons. The molecule has 0 aliphatic heterocycles. The van der Waals surface area contributed by atoms with Gasteiger partial charge in [-0.15, -0.1) is 0 Å². The van der Waals surface area contributed by atoms with E-state index < -0.39 is 11.8 Å². The van der Waals surface area contributed by atoms with Crippen molar-refractivity contribution >= 4 is 5.97 Å². The van der Waals surface area contributed by atoms with Gasteiger partial charge in [-0.3, -0.25) is 0 Å². The number of aryl methyl sites for hydroxylation is 1. The van der Waals surface area contributed by atoms with Crippen LogP contribution in [0.4, 0.5) is 4.39 Å². The molecule has 0 heterocycles. The van der Waals surface area contributed by atoms with Gasteiger partial charge in [0.15, 0.2) is 0 Å². The van der Waals surface area contributed by atoms with Crippen molar-refractivity contribution in [1.82, 2.24) is 0 Å². The van der Waals surface area contributed by atoms with Crippen molar-refractivity contribution in [3.63, 3.8) is 0 Å². The Bertz CT molecular complexity index is 601. The highest BCUT2D eigenvalue weighted by Gasteiger charge is 2.50. The molecule has 2 nitrogen and oxygen atoms in total. The van der Waals surface area contributed by atoms with Crippen LogP contribution < -0.4 is 0 Å². The van der Waals surface area contributed by atoms with E-state index in [0.29, 0.717) is 5.41 Å². The molecule has 0 N–H and O–H groups in total. The molecule has 4 fully saturated rings. The number of halogens is 1. The van der Waals surface area contributed by atoms with Gasteiger partial charge in [0.2, 0.25) is 0 Å². The molecule has 24 heavy (non-hydrogen) atoms. The van der Waals surface area contributed by atoms with Gasteiger partial charge in [-0.2, -0.15) is 0 Å². The largest absolute Gasteiger partial charge is 0.465 e. The third kappa shape index (κ3) is 2.98. The molecule has 0 unspecified atom stereocenters. The molecule has 0 saturated heterocycles. The number of ether oxygens (including phenoxy) is 1. The number of carbonyl (C=O) groups excluding carboxylic acids is 1. The summed E-state index contributed by atoms with van der Waals surface area (Å²) in [5.41, 5.74) is 1.62. The fraction of sp³-hybridized carbons (Fsp3) is 0.667. The normalized spacial score (nSPS) is 33.7. The van der Waals surface area contributed by atoms with E-state index in [1.165, 1.54) is 58.1 Å². The first-order chi connectivity index (χ1) is 11.6. The molecule has 1 aromatic rings. The minimum Gasteiger partial charge on any atom is -0.465 e. The van der Waals surface area contributed by atoms with E-state index in [-0.39, 0.29) is 5.56 Å².